The molecule has 0 unspecified atom stereocenters. The first-order chi connectivity index (χ1) is 7.70. The molecule has 3 nitrogen and oxygen atoms in total. The Hall–Kier alpha value is -0.780. The standard InChI is InChI=1S/C13H18INO2/c1-8-9(2)11(7-6-10(8)14)15-12(16)17-13(3,4)5/h6-7H,1-5H3,(H,15,16). The summed E-state index contributed by atoms with van der Waals surface area (Å²) in [5.41, 5.74) is 2.58. The van der Waals surface area contributed by atoms with Crippen LogP contribution in [-0.4, -0.2) is 11.7 Å². The average Bonchev–Trinajstić information content (AvgIpc) is 2.16. The molecule has 1 aromatic carbocycles. The number of carbonyl (C=O) groups is 1. The van der Waals surface area contributed by atoms with Crippen LogP contribution in [0.15, 0.2) is 12.1 Å². The zero-order valence-corrected chi connectivity index (χ0v) is 13.0. The van der Waals surface area contributed by atoms with Crippen LogP contribution in [0, 0.1) is 17.4 Å². The predicted octanol–water partition coefficient (Wildman–Crippen LogP) is 4.26. The molecule has 0 aliphatic heterocycles. The largest absolute Gasteiger partial charge is 0.444 e. The van der Waals surface area contributed by atoms with Crippen LogP contribution in [0.4, 0.5) is 10.5 Å². The van der Waals surface area contributed by atoms with Crippen LogP contribution in [0.5, 0.6) is 0 Å². The van der Waals surface area contributed by atoms with Gasteiger partial charge >= 0.3 is 6.09 Å². The highest BCUT2D eigenvalue weighted by atomic mass is 127. The third-order valence-corrected chi connectivity index (χ3v) is 3.53. The normalized spacial score (nSPS) is 11.2. The van der Waals surface area contributed by atoms with Crippen molar-refractivity contribution in [1.29, 1.82) is 0 Å². The lowest BCUT2D eigenvalue weighted by atomic mass is 10.1. The fraction of sp³-hybridized carbons (Fsp3) is 0.462. The Balaban J connectivity index is 2.83. The zero-order chi connectivity index (χ0) is 13.2. The van der Waals surface area contributed by atoms with Crippen LogP contribution in [0.1, 0.15) is 31.9 Å². The van der Waals surface area contributed by atoms with Crippen molar-refractivity contribution >= 4 is 34.4 Å². The highest BCUT2D eigenvalue weighted by Gasteiger charge is 2.17. The minimum absolute atomic E-state index is 0.416. The fourth-order valence-electron chi connectivity index (χ4n) is 1.34. The van der Waals surface area contributed by atoms with Crippen LogP contribution < -0.4 is 5.32 Å². The molecule has 1 amide bonds. The van der Waals surface area contributed by atoms with E-state index in [9.17, 15) is 4.79 Å². The summed E-state index contributed by atoms with van der Waals surface area (Å²) in [6.07, 6.45) is -0.416. The first kappa shape index (κ1) is 14.3. The molecule has 1 N–H and O–H groups in total. The Bertz CT molecular complexity index is 436. The number of anilines is 1. The van der Waals surface area contributed by atoms with Crippen molar-refractivity contribution in [2.24, 2.45) is 0 Å². The molecule has 0 aromatic heterocycles. The van der Waals surface area contributed by atoms with Crippen molar-refractivity contribution in [2.75, 3.05) is 5.32 Å². The van der Waals surface area contributed by atoms with Gasteiger partial charge in [-0.05, 0) is 80.5 Å². The third kappa shape index (κ3) is 4.18. The monoisotopic (exact) mass is 347 g/mol. The summed E-state index contributed by atoms with van der Waals surface area (Å²) in [4.78, 5) is 11.6. The number of benzene rings is 1. The molecule has 0 saturated heterocycles. The number of carbonyl (C=O) groups excluding carboxylic acids is 1. The average molecular weight is 347 g/mol. The molecule has 0 heterocycles. The van der Waals surface area contributed by atoms with Crippen molar-refractivity contribution in [1.82, 2.24) is 0 Å². The number of amides is 1. The van der Waals surface area contributed by atoms with E-state index in [0.717, 1.165) is 11.3 Å². The summed E-state index contributed by atoms with van der Waals surface area (Å²) in [5, 5.41) is 2.77. The summed E-state index contributed by atoms with van der Waals surface area (Å²) >= 11 is 2.28. The number of ether oxygens (including phenoxy) is 1. The Kier molecular flexibility index (Phi) is 4.41. The van der Waals surface area contributed by atoms with E-state index >= 15 is 0 Å². The maximum atomic E-state index is 11.6. The Morgan fingerprint density at radius 3 is 2.35 bits per heavy atom. The van der Waals surface area contributed by atoms with Gasteiger partial charge in [0.25, 0.3) is 0 Å². The number of hydrogen-bond acceptors (Lipinski definition) is 2. The molecule has 1 rings (SSSR count). The van der Waals surface area contributed by atoms with Gasteiger partial charge in [0, 0.05) is 9.26 Å². The van der Waals surface area contributed by atoms with Gasteiger partial charge in [-0.3, -0.25) is 5.32 Å². The van der Waals surface area contributed by atoms with Crippen LogP contribution in [0.2, 0.25) is 0 Å². The topological polar surface area (TPSA) is 38.3 Å². The molecule has 0 atom stereocenters. The molecule has 0 fully saturated rings. The first-order valence-electron chi connectivity index (χ1n) is 5.46. The molecule has 0 aliphatic carbocycles. The fourth-order valence-corrected chi connectivity index (χ4v) is 1.92. The second-order valence-electron chi connectivity index (χ2n) is 4.97. The minimum Gasteiger partial charge on any atom is -0.444 e. The second-order valence-corrected chi connectivity index (χ2v) is 6.13. The number of halogens is 1. The van der Waals surface area contributed by atoms with E-state index in [1.54, 1.807) is 0 Å². The SMILES string of the molecule is Cc1c(I)ccc(NC(=O)OC(C)(C)C)c1C. The van der Waals surface area contributed by atoms with Crippen molar-refractivity contribution in [2.45, 2.75) is 40.2 Å². The second kappa shape index (κ2) is 5.25. The minimum atomic E-state index is -0.476. The number of hydrogen-bond donors (Lipinski definition) is 1. The first-order valence-corrected chi connectivity index (χ1v) is 6.54. The van der Waals surface area contributed by atoms with Gasteiger partial charge in [-0.15, -0.1) is 0 Å². The van der Waals surface area contributed by atoms with E-state index in [0.29, 0.717) is 0 Å². The summed E-state index contributed by atoms with van der Waals surface area (Å²) in [6, 6.07) is 3.88. The van der Waals surface area contributed by atoms with Crippen molar-refractivity contribution in [3.8, 4) is 0 Å². The molecular formula is C13H18INO2. The maximum absolute atomic E-state index is 11.6. The van der Waals surface area contributed by atoms with Crippen LogP contribution in [0.3, 0.4) is 0 Å². The maximum Gasteiger partial charge on any atom is 0.412 e. The molecule has 0 aliphatic rings. The van der Waals surface area contributed by atoms with Gasteiger partial charge < -0.3 is 4.74 Å². The van der Waals surface area contributed by atoms with Gasteiger partial charge in [-0.1, -0.05) is 0 Å². The molecule has 17 heavy (non-hydrogen) atoms. The van der Waals surface area contributed by atoms with Gasteiger partial charge in [0.05, 0.1) is 0 Å². The van der Waals surface area contributed by atoms with Crippen molar-refractivity contribution < 1.29 is 9.53 Å². The lowest BCUT2D eigenvalue weighted by Gasteiger charge is -2.20. The summed E-state index contributed by atoms with van der Waals surface area (Å²) < 4.78 is 6.40. The van der Waals surface area contributed by atoms with Gasteiger partial charge in [0.1, 0.15) is 5.60 Å². The molecule has 0 saturated carbocycles. The van der Waals surface area contributed by atoms with E-state index in [2.05, 4.69) is 27.9 Å². The Morgan fingerprint density at radius 2 is 1.82 bits per heavy atom. The van der Waals surface area contributed by atoms with Crippen LogP contribution in [0.25, 0.3) is 0 Å². The van der Waals surface area contributed by atoms with E-state index in [1.165, 1.54) is 9.13 Å². The molecule has 94 valence electrons. The highest BCUT2D eigenvalue weighted by Crippen LogP contribution is 2.23. The van der Waals surface area contributed by atoms with Crippen molar-refractivity contribution in [3.05, 3.63) is 26.8 Å². The zero-order valence-electron chi connectivity index (χ0n) is 10.8. The van der Waals surface area contributed by atoms with Gasteiger partial charge in [-0.2, -0.15) is 0 Å². The molecule has 0 radical (unpaired) electrons. The summed E-state index contributed by atoms with van der Waals surface area (Å²) in [7, 11) is 0. The van der Waals surface area contributed by atoms with Crippen molar-refractivity contribution in [3.63, 3.8) is 0 Å². The van der Waals surface area contributed by atoms with Gasteiger partial charge in [0.2, 0.25) is 0 Å². The molecule has 0 bridgehead atoms. The van der Waals surface area contributed by atoms with Crippen LogP contribution >= 0.6 is 22.6 Å². The smallest absolute Gasteiger partial charge is 0.412 e. The molecule has 0 spiro atoms. The molecular weight excluding hydrogens is 329 g/mol. The van der Waals surface area contributed by atoms with Gasteiger partial charge in [0.15, 0.2) is 0 Å². The van der Waals surface area contributed by atoms with E-state index in [1.807, 2.05) is 46.8 Å². The Labute approximate surface area is 116 Å². The number of rotatable bonds is 1. The van der Waals surface area contributed by atoms with E-state index < -0.39 is 11.7 Å². The quantitative estimate of drug-likeness (QED) is 0.771. The summed E-state index contributed by atoms with van der Waals surface area (Å²) in [6.45, 7) is 9.57. The van der Waals surface area contributed by atoms with E-state index in [4.69, 9.17) is 4.74 Å². The Morgan fingerprint density at radius 1 is 1.24 bits per heavy atom. The summed E-state index contributed by atoms with van der Waals surface area (Å²) in [5.74, 6) is 0. The number of nitrogens with one attached hydrogen (secondary N) is 1. The third-order valence-electron chi connectivity index (χ3n) is 2.36. The predicted molar refractivity (Wildman–Crippen MR) is 78.5 cm³/mol. The lowest BCUT2D eigenvalue weighted by molar-refractivity contribution is 0.0636. The van der Waals surface area contributed by atoms with E-state index in [-0.39, 0.29) is 0 Å². The molecule has 4 heteroatoms. The lowest BCUT2D eigenvalue weighted by Crippen LogP contribution is -2.27. The highest BCUT2D eigenvalue weighted by molar-refractivity contribution is 14.1. The van der Waals surface area contributed by atoms with Gasteiger partial charge in [-0.25, -0.2) is 4.79 Å². The van der Waals surface area contributed by atoms with Crippen LogP contribution in [-0.2, 0) is 4.74 Å². The molecule has 1 aromatic rings.